The molecule has 0 saturated heterocycles. The number of benzene rings is 5. The second kappa shape index (κ2) is 14.1. The van der Waals surface area contributed by atoms with Crippen LogP contribution in [0.25, 0.3) is 66.4 Å². The summed E-state index contributed by atoms with van der Waals surface area (Å²) in [6, 6.07) is 47.9. The van der Waals surface area contributed by atoms with Crippen LogP contribution in [0.5, 0.6) is 0 Å². The Bertz CT molecular complexity index is 2280. The summed E-state index contributed by atoms with van der Waals surface area (Å²) in [7, 11) is 0. The van der Waals surface area contributed by atoms with Crippen LogP contribution >= 0.6 is 0 Å². The molecule has 0 unspecified atom stereocenters. The number of para-hydroxylation sites is 1. The number of hydrogen-bond donors (Lipinski definition) is 0. The first kappa shape index (κ1) is 33.0. The van der Waals surface area contributed by atoms with Crippen LogP contribution in [0.3, 0.4) is 0 Å². The molecule has 5 aromatic carbocycles. The molecule has 0 aliphatic heterocycles. The van der Waals surface area contributed by atoms with Gasteiger partial charge in [0.15, 0.2) is 0 Å². The van der Waals surface area contributed by atoms with Crippen molar-refractivity contribution in [2.24, 2.45) is 5.41 Å². The number of furan rings is 1. The van der Waals surface area contributed by atoms with E-state index in [0.717, 1.165) is 51.1 Å². The standard InChI is InChI=1S/C33H28NO.C11H8N.Ir/c1-21-20-34-29(18-24(21)19-33(2,3)4)23-10-7-9-22(17-23)25-12-8-13-27-26(25)15-16-31-32(27)28-11-5-6-14-30(28)35-31;1-2-6-10(7-3-1)11-8-4-5-9-12-11;/h5-9,11-18,20H,19H2,1-4H3;1-6,8-9H;/q2*-1;. The van der Waals surface area contributed by atoms with Crippen molar-refractivity contribution >= 4 is 32.7 Å². The summed E-state index contributed by atoms with van der Waals surface area (Å²) in [4.78, 5) is 8.98. The fourth-order valence-electron chi connectivity index (χ4n) is 6.16. The normalized spacial score (nSPS) is 11.2. The number of hydrogen-bond acceptors (Lipinski definition) is 3. The van der Waals surface area contributed by atoms with Gasteiger partial charge in [-0.25, -0.2) is 0 Å². The van der Waals surface area contributed by atoms with Gasteiger partial charge in [0, 0.05) is 43.3 Å². The molecule has 1 radical (unpaired) electrons. The molecule has 48 heavy (non-hydrogen) atoms. The van der Waals surface area contributed by atoms with E-state index in [9.17, 15) is 0 Å². The van der Waals surface area contributed by atoms with Crippen LogP contribution in [0, 0.1) is 24.5 Å². The summed E-state index contributed by atoms with van der Waals surface area (Å²) in [6.45, 7) is 8.98. The molecule has 3 heterocycles. The van der Waals surface area contributed by atoms with E-state index < -0.39 is 0 Å². The van der Waals surface area contributed by atoms with Crippen molar-refractivity contribution in [3.05, 3.63) is 157 Å². The van der Waals surface area contributed by atoms with Gasteiger partial charge in [-0.3, -0.25) is 0 Å². The molecule has 239 valence electrons. The molecule has 0 aliphatic rings. The second-order valence-corrected chi connectivity index (χ2v) is 13.2. The minimum absolute atomic E-state index is 0. The third kappa shape index (κ3) is 7.01. The molecular formula is C44H36IrN2O-2. The van der Waals surface area contributed by atoms with Crippen LogP contribution in [0.4, 0.5) is 0 Å². The van der Waals surface area contributed by atoms with Crippen molar-refractivity contribution in [3.8, 4) is 33.6 Å². The first-order valence-electron chi connectivity index (χ1n) is 16.0. The summed E-state index contributed by atoms with van der Waals surface area (Å²) in [5.41, 5.74) is 11.0. The van der Waals surface area contributed by atoms with E-state index in [0.29, 0.717) is 0 Å². The summed E-state index contributed by atoms with van der Waals surface area (Å²) in [6.07, 6.45) is 4.80. The minimum atomic E-state index is 0. The van der Waals surface area contributed by atoms with Crippen molar-refractivity contribution in [1.82, 2.24) is 9.97 Å². The van der Waals surface area contributed by atoms with Crippen molar-refractivity contribution in [3.63, 3.8) is 0 Å². The Kier molecular flexibility index (Phi) is 9.68. The maximum atomic E-state index is 6.13. The Morgan fingerprint density at radius 1 is 0.646 bits per heavy atom. The van der Waals surface area contributed by atoms with E-state index in [4.69, 9.17) is 9.40 Å². The van der Waals surface area contributed by atoms with Gasteiger partial charge < -0.3 is 14.4 Å². The number of nitrogens with zero attached hydrogens (tertiary/aromatic N) is 2. The molecule has 4 heteroatoms. The molecule has 0 spiro atoms. The smallest absolute Gasteiger partial charge is 0.136 e. The molecule has 0 amide bonds. The summed E-state index contributed by atoms with van der Waals surface area (Å²) >= 11 is 0. The number of pyridine rings is 2. The summed E-state index contributed by atoms with van der Waals surface area (Å²) in [5, 5.41) is 4.76. The van der Waals surface area contributed by atoms with Gasteiger partial charge in [-0.15, -0.1) is 71.3 Å². The van der Waals surface area contributed by atoms with Crippen LogP contribution in [0.1, 0.15) is 31.9 Å². The van der Waals surface area contributed by atoms with Gasteiger partial charge in [-0.2, -0.15) is 0 Å². The molecule has 0 saturated carbocycles. The van der Waals surface area contributed by atoms with E-state index in [1.165, 1.54) is 32.8 Å². The Balaban J connectivity index is 0.000000260. The maximum Gasteiger partial charge on any atom is 0.136 e. The van der Waals surface area contributed by atoms with Crippen LogP contribution < -0.4 is 0 Å². The van der Waals surface area contributed by atoms with Crippen molar-refractivity contribution < 1.29 is 24.5 Å². The average Bonchev–Trinajstić information content (AvgIpc) is 3.49. The van der Waals surface area contributed by atoms with Crippen LogP contribution in [-0.4, -0.2) is 9.97 Å². The van der Waals surface area contributed by atoms with Crippen LogP contribution in [0.2, 0.25) is 0 Å². The average molecular weight is 801 g/mol. The Labute approximate surface area is 296 Å². The first-order chi connectivity index (χ1) is 22.8. The topological polar surface area (TPSA) is 38.9 Å². The largest absolute Gasteiger partial charge is 0.456 e. The quantitative estimate of drug-likeness (QED) is 0.166. The predicted molar refractivity (Wildman–Crippen MR) is 195 cm³/mol. The molecule has 0 bridgehead atoms. The van der Waals surface area contributed by atoms with Gasteiger partial charge in [0.05, 0.1) is 0 Å². The molecule has 0 N–H and O–H groups in total. The van der Waals surface area contributed by atoms with E-state index >= 15 is 0 Å². The summed E-state index contributed by atoms with van der Waals surface area (Å²) < 4.78 is 6.13. The molecule has 3 nitrogen and oxygen atoms in total. The second-order valence-electron chi connectivity index (χ2n) is 13.2. The molecular weight excluding hydrogens is 765 g/mol. The van der Waals surface area contributed by atoms with E-state index in [2.05, 4.69) is 105 Å². The van der Waals surface area contributed by atoms with Crippen molar-refractivity contribution in [1.29, 1.82) is 0 Å². The van der Waals surface area contributed by atoms with E-state index in [1.807, 2.05) is 66.9 Å². The van der Waals surface area contributed by atoms with Crippen LogP contribution in [-0.2, 0) is 26.5 Å². The maximum absolute atomic E-state index is 6.13. The fraction of sp³-hybridized carbons (Fsp3) is 0.136. The molecule has 8 rings (SSSR count). The van der Waals surface area contributed by atoms with Gasteiger partial charge in [0.25, 0.3) is 0 Å². The van der Waals surface area contributed by atoms with E-state index in [1.54, 1.807) is 6.20 Å². The third-order valence-electron chi connectivity index (χ3n) is 8.37. The Morgan fingerprint density at radius 3 is 2.23 bits per heavy atom. The number of aromatic nitrogens is 2. The van der Waals surface area contributed by atoms with Crippen molar-refractivity contribution in [2.75, 3.05) is 0 Å². The Morgan fingerprint density at radius 2 is 1.44 bits per heavy atom. The molecule has 0 aliphatic carbocycles. The SMILES string of the molecule is Cc1cnc(-c2[c-]ccc(-c3cccc4c3ccc3oc5ccccc5c34)c2)cc1CC(C)(C)C.[Ir].[c-]1ccccc1-c1ccccn1. The monoisotopic (exact) mass is 801 g/mol. The van der Waals surface area contributed by atoms with Gasteiger partial charge in [0.2, 0.25) is 0 Å². The number of rotatable bonds is 4. The zero-order chi connectivity index (χ0) is 32.4. The van der Waals surface area contributed by atoms with Gasteiger partial charge >= 0.3 is 0 Å². The zero-order valence-corrected chi connectivity index (χ0v) is 29.9. The van der Waals surface area contributed by atoms with Crippen LogP contribution in [0.15, 0.2) is 138 Å². The molecule has 0 atom stereocenters. The first-order valence-corrected chi connectivity index (χ1v) is 16.0. The van der Waals surface area contributed by atoms with E-state index in [-0.39, 0.29) is 25.5 Å². The predicted octanol–water partition coefficient (Wildman–Crippen LogP) is 11.7. The third-order valence-corrected chi connectivity index (χ3v) is 8.37. The number of aryl methyl sites for hydroxylation is 1. The molecule has 3 aromatic heterocycles. The Hall–Kier alpha value is -4.89. The minimum Gasteiger partial charge on any atom is -0.456 e. The molecule has 0 fully saturated rings. The van der Waals surface area contributed by atoms with Gasteiger partial charge in [-0.05, 0) is 70.2 Å². The fourth-order valence-corrected chi connectivity index (χ4v) is 6.16. The number of fused-ring (bicyclic) bond motifs is 5. The zero-order valence-electron chi connectivity index (χ0n) is 27.5. The van der Waals surface area contributed by atoms with Crippen molar-refractivity contribution in [2.45, 2.75) is 34.1 Å². The van der Waals surface area contributed by atoms with Gasteiger partial charge in [0.1, 0.15) is 11.2 Å². The van der Waals surface area contributed by atoms with Gasteiger partial charge in [-0.1, -0.05) is 87.0 Å². The molecule has 8 aromatic rings. The summed E-state index contributed by atoms with van der Waals surface area (Å²) in [5.74, 6) is 0.